The number of fused-ring (bicyclic) bond motifs is 1. The van der Waals surface area contributed by atoms with Crippen molar-refractivity contribution in [2.45, 2.75) is 6.42 Å². The van der Waals surface area contributed by atoms with E-state index in [9.17, 15) is 0 Å². The molecule has 2 heteroatoms. The number of hydrogen-bond donors (Lipinski definition) is 0. The van der Waals surface area contributed by atoms with E-state index in [-0.39, 0.29) is 0 Å². The highest BCUT2D eigenvalue weighted by molar-refractivity contribution is 6.38. The normalized spacial score (nSPS) is 21.6. The summed E-state index contributed by atoms with van der Waals surface area (Å²) in [4.78, 5) is 8.30. The van der Waals surface area contributed by atoms with Gasteiger partial charge in [0, 0.05) is 18.2 Å². The highest BCUT2D eigenvalue weighted by Crippen LogP contribution is 2.08. The molecular formula is C8H8N2+. The van der Waals surface area contributed by atoms with E-state index in [0.29, 0.717) is 0 Å². The largest absolute Gasteiger partial charge is 0.298 e. The van der Waals surface area contributed by atoms with Gasteiger partial charge in [0.1, 0.15) is 6.21 Å². The summed E-state index contributed by atoms with van der Waals surface area (Å²) in [6.07, 6.45) is 8.76. The van der Waals surface area contributed by atoms with Crippen molar-refractivity contribution in [3.8, 4) is 0 Å². The predicted molar refractivity (Wildman–Crippen MR) is 42.3 cm³/mol. The SMILES string of the molecule is C1=C[N+]=C2C=NCCC2=C1. The molecule has 0 fully saturated rings. The summed E-state index contributed by atoms with van der Waals surface area (Å²) in [5.74, 6) is 0. The lowest BCUT2D eigenvalue weighted by molar-refractivity contribution is 0.972. The summed E-state index contributed by atoms with van der Waals surface area (Å²) in [5.41, 5.74) is 2.35. The third-order valence-corrected chi connectivity index (χ3v) is 1.65. The molecule has 0 spiro atoms. The van der Waals surface area contributed by atoms with Crippen LogP contribution in [-0.4, -0.2) is 18.5 Å². The third-order valence-electron chi connectivity index (χ3n) is 1.65. The summed E-state index contributed by atoms with van der Waals surface area (Å²) in [7, 11) is 0. The molecule has 2 aliphatic heterocycles. The molecule has 0 aromatic heterocycles. The second-order valence-corrected chi connectivity index (χ2v) is 2.33. The van der Waals surface area contributed by atoms with Crippen molar-refractivity contribution in [3.05, 3.63) is 23.9 Å². The van der Waals surface area contributed by atoms with Gasteiger partial charge in [-0.05, 0) is 12.5 Å². The maximum atomic E-state index is 4.17. The Hall–Kier alpha value is -1.18. The van der Waals surface area contributed by atoms with Crippen LogP contribution in [0.25, 0.3) is 0 Å². The van der Waals surface area contributed by atoms with Crippen LogP contribution in [0.1, 0.15) is 6.42 Å². The van der Waals surface area contributed by atoms with Gasteiger partial charge in [-0.1, -0.05) is 0 Å². The van der Waals surface area contributed by atoms with Crippen LogP contribution in [0.4, 0.5) is 0 Å². The van der Waals surface area contributed by atoms with E-state index in [1.807, 2.05) is 12.3 Å². The first-order chi connectivity index (χ1) is 4.97. The molecule has 1 radical (unpaired) electrons. The van der Waals surface area contributed by atoms with Crippen LogP contribution in [0.5, 0.6) is 0 Å². The van der Waals surface area contributed by atoms with Gasteiger partial charge in [0.05, 0.1) is 4.99 Å². The van der Waals surface area contributed by atoms with Crippen LogP contribution in [-0.2, 0) is 0 Å². The second-order valence-electron chi connectivity index (χ2n) is 2.33. The third kappa shape index (κ3) is 0.817. The van der Waals surface area contributed by atoms with E-state index in [1.165, 1.54) is 5.57 Å². The van der Waals surface area contributed by atoms with Crippen LogP contribution in [0.3, 0.4) is 0 Å². The van der Waals surface area contributed by atoms with Gasteiger partial charge >= 0.3 is 0 Å². The lowest BCUT2D eigenvalue weighted by Gasteiger charge is -2.03. The zero-order valence-electron chi connectivity index (χ0n) is 5.62. The molecule has 10 heavy (non-hydrogen) atoms. The molecule has 0 bridgehead atoms. The Bertz CT molecular complexity index is 256. The van der Waals surface area contributed by atoms with Crippen molar-refractivity contribution >= 4 is 11.9 Å². The van der Waals surface area contributed by atoms with Crippen molar-refractivity contribution in [1.29, 1.82) is 0 Å². The highest BCUT2D eigenvalue weighted by Gasteiger charge is 2.18. The predicted octanol–water partition coefficient (Wildman–Crippen LogP) is 0.691. The fourth-order valence-electron chi connectivity index (χ4n) is 1.11. The zero-order valence-corrected chi connectivity index (χ0v) is 5.62. The second kappa shape index (κ2) is 2.21. The van der Waals surface area contributed by atoms with Crippen molar-refractivity contribution < 1.29 is 0 Å². The molecule has 0 saturated carbocycles. The maximum Gasteiger partial charge on any atom is 0.298 e. The molecule has 2 rings (SSSR count). The Morgan fingerprint density at radius 3 is 3.40 bits per heavy atom. The number of allylic oxidation sites excluding steroid dienone is 2. The molecule has 0 atom stereocenters. The first-order valence-corrected chi connectivity index (χ1v) is 3.40. The lowest BCUT2D eigenvalue weighted by Crippen LogP contribution is -2.17. The topological polar surface area (TPSA) is 26.5 Å². The van der Waals surface area contributed by atoms with E-state index in [4.69, 9.17) is 0 Å². The first-order valence-electron chi connectivity index (χ1n) is 3.40. The fourth-order valence-corrected chi connectivity index (χ4v) is 1.11. The van der Waals surface area contributed by atoms with Gasteiger partial charge < -0.3 is 0 Å². The van der Waals surface area contributed by atoms with Crippen LogP contribution in [0, 0.1) is 0 Å². The number of hydrogen-bond acceptors (Lipinski definition) is 2. The molecule has 0 unspecified atom stereocenters. The lowest BCUT2D eigenvalue weighted by atomic mass is 10.0. The van der Waals surface area contributed by atoms with E-state index >= 15 is 0 Å². The summed E-state index contributed by atoms with van der Waals surface area (Å²) in [5, 5.41) is 0. The quantitative estimate of drug-likeness (QED) is 0.463. The maximum absolute atomic E-state index is 4.17. The van der Waals surface area contributed by atoms with Crippen molar-refractivity contribution in [3.63, 3.8) is 0 Å². The molecule has 2 nitrogen and oxygen atoms in total. The molecule has 49 valence electrons. The standard InChI is InChI=1S/C8H8N2/c1-2-7-3-5-9-6-8(7)10-4-1/h1-2,4,6H,3,5H2/q+1. The first kappa shape index (κ1) is 5.59. The van der Waals surface area contributed by atoms with Gasteiger partial charge in [0.25, 0.3) is 5.71 Å². The van der Waals surface area contributed by atoms with Gasteiger partial charge in [-0.15, -0.1) is 0 Å². The molecular weight excluding hydrogens is 124 g/mol. The van der Waals surface area contributed by atoms with Gasteiger partial charge in [0.2, 0.25) is 6.20 Å². The van der Waals surface area contributed by atoms with E-state index in [2.05, 4.69) is 16.1 Å². The Kier molecular flexibility index (Phi) is 1.24. The average molecular weight is 132 g/mol. The summed E-state index contributed by atoms with van der Waals surface area (Å²) < 4.78 is 0. The smallest absolute Gasteiger partial charge is 0.286 e. The van der Waals surface area contributed by atoms with Gasteiger partial charge in [0.15, 0.2) is 0 Å². The van der Waals surface area contributed by atoms with Crippen LogP contribution in [0.2, 0.25) is 0 Å². The van der Waals surface area contributed by atoms with Gasteiger partial charge in [-0.2, -0.15) is 0 Å². The van der Waals surface area contributed by atoms with Gasteiger partial charge in [-0.3, -0.25) is 4.99 Å². The van der Waals surface area contributed by atoms with E-state index in [0.717, 1.165) is 18.7 Å². The van der Waals surface area contributed by atoms with E-state index < -0.39 is 0 Å². The number of rotatable bonds is 0. The molecule has 0 amide bonds. The summed E-state index contributed by atoms with van der Waals surface area (Å²) in [6.45, 7) is 0.915. The van der Waals surface area contributed by atoms with Crippen molar-refractivity contribution in [1.82, 2.24) is 4.99 Å². The summed E-state index contributed by atoms with van der Waals surface area (Å²) >= 11 is 0. The monoisotopic (exact) mass is 132 g/mol. The molecule has 0 N–H and O–H groups in total. The summed E-state index contributed by atoms with van der Waals surface area (Å²) in [6, 6.07) is 0. The minimum atomic E-state index is 0.915. The molecule has 2 heterocycles. The number of nitrogens with zero attached hydrogens (tertiary/aromatic N) is 2. The molecule has 0 aromatic rings. The van der Waals surface area contributed by atoms with Crippen LogP contribution in [0.15, 0.2) is 28.9 Å². The Labute approximate surface area is 59.7 Å². The van der Waals surface area contributed by atoms with Crippen molar-refractivity contribution in [2.75, 3.05) is 6.54 Å². The molecule has 0 aromatic carbocycles. The molecule has 0 saturated heterocycles. The Morgan fingerprint density at radius 2 is 2.50 bits per heavy atom. The Morgan fingerprint density at radius 1 is 1.50 bits per heavy atom. The zero-order chi connectivity index (χ0) is 6.81. The van der Waals surface area contributed by atoms with Crippen LogP contribution < -0.4 is 4.99 Å². The average Bonchev–Trinajstić information content (AvgIpc) is 2.05. The highest BCUT2D eigenvalue weighted by atomic mass is 14.8. The Balaban J connectivity index is 2.43. The van der Waals surface area contributed by atoms with Crippen molar-refractivity contribution in [2.24, 2.45) is 4.99 Å². The van der Waals surface area contributed by atoms with E-state index in [1.54, 1.807) is 6.20 Å². The van der Waals surface area contributed by atoms with Gasteiger partial charge in [-0.25, -0.2) is 0 Å². The number of aliphatic imine (C=N–C) groups is 2. The molecule has 2 aliphatic rings. The fraction of sp³-hybridized carbons (Fsp3) is 0.250. The molecule has 0 aliphatic carbocycles. The van der Waals surface area contributed by atoms with Crippen LogP contribution >= 0.6 is 0 Å². The minimum absolute atomic E-state index is 0.915. The minimum Gasteiger partial charge on any atom is -0.286 e.